The molecule has 1 aliphatic heterocycles. The molecule has 0 aliphatic carbocycles. The SMILES string of the molecule is COC(=O)c1cccc(NC[C@@H]2CCO2)n1. The highest BCUT2D eigenvalue weighted by molar-refractivity contribution is 5.87. The number of aromatic nitrogens is 1. The van der Waals surface area contributed by atoms with Crippen molar-refractivity contribution in [2.75, 3.05) is 25.6 Å². The number of nitrogens with one attached hydrogen (secondary N) is 1. The molecule has 5 heteroatoms. The third-order valence-electron chi connectivity index (χ3n) is 2.45. The third kappa shape index (κ3) is 2.49. The number of carbonyl (C=O) groups is 1. The van der Waals surface area contributed by atoms with E-state index in [0.29, 0.717) is 11.5 Å². The molecule has 1 atom stereocenters. The lowest BCUT2D eigenvalue weighted by atomic mass is 10.2. The van der Waals surface area contributed by atoms with Crippen LogP contribution in [0, 0.1) is 0 Å². The van der Waals surface area contributed by atoms with Gasteiger partial charge in [0.05, 0.1) is 13.2 Å². The summed E-state index contributed by atoms with van der Waals surface area (Å²) in [5, 5.41) is 3.12. The number of hydrogen-bond donors (Lipinski definition) is 1. The quantitative estimate of drug-likeness (QED) is 0.772. The van der Waals surface area contributed by atoms with Crippen LogP contribution in [0.15, 0.2) is 18.2 Å². The maximum atomic E-state index is 11.2. The number of methoxy groups -OCH3 is 1. The molecule has 0 spiro atoms. The van der Waals surface area contributed by atoms with E-state index in [1.165, 1.54) is 7.11 Å². The Morgan fingerprint density at radius 1 is 1.69 bits per heavy atom. The van der Waals surface area contributed by atoms with Gasteiger partial charge in [-0.05, 0) is 18.6 Å². The average molecular weight is 222 g/mol. The van der Waals surface area contributed by atoms with Gasteiger partial charge < -0.3 is 14.8 Å². The molecule has 0 aromatic carbocycles. The van der Waals surface area contributed by atoms with Gasteiger partial charge in [0.2, 0.25) is 0 Å². The molecule has 86 valence electrons. The van der Waals surface area contributed by atoms with Gasteiger partial charge in [-0.25, -0.2) is 9.78 Å². The zero-order valence-corrected chi connectivity index (χ0v) is 9.10. The van der Waals surface area contributed by atoms with Crippen LogP contribution in [-0.2, 0) is 9.47 Å². The van der Waals surface area contributed by atoms with Crippen LogP contribution >= 0.6 is 0 Å². The minimum absolute atomic E-state index is 0.267. The molecule has 0 radical (unpaired) electrons. The van der Waals surface area contributed by atoms with E-state index >= 15 is 0 Å². The van der Waals surface area contributed by atoms with E-state index in [0.717, 1.165) is 19.6 Å². The molecular weight excluding hydrogens is 208 g/mol. The van der Waals surface area contributed by atoms with Crippen molar-refractivity contribution in [3.05, 3.63) is 23.9 Å². The maximum absolute atomic E-state index is 11.2. The van der Waals surface area contributed by atoms with E-state index in [-0.39, 0.29) is 6.10 Å². The van der Waals surface area contributed by atoms with Crippen molar-refractivity contribution in [3.8, 4) is 0 Å². The molecule has 2 heterocycles. The first-order valence-electron chi connectivity index (χ1n) is 5.20. The molecular formula is C11H14N2O3. The molecule has 1 fully saturated rings. The van der Waals surface area contributed by atoms with Crippen molar-refractivity contribution in [2.24, 2.45) is 0 Å². The monoisotopic (exact) mass is 222 g/mol. The highest BCUT2D eigenvalue weighted by atomic mass is 16.5. The van der Waals surface area contributed by atoms with Crippen LogP contribution in [0.25, 0.3) is 0 Å². The summed E-state index contributed by atoms with van der Waals surface area (Å²) in [6.45, 7) is 1.56. The number of pyridine rings is 1. The van der Waals surface area contributed by atoms with Gasteiger partial charge in [0.15, 0.2) is 5.69 Å². The van der Waals surface area contributed by atoms with Crippen molar-refractivity contribution in [1.29, 1.82) is 0 Å². The smallest absolute Gasteiger partial charge is 0.356 e. The number of rotatable bonds is 4. The van der Waals surface area contributed by atoms with Crippen molar-refractivity contribution in [3.63, 3.8) is 0 Å². The van der Waals surface area contributed by atoms with Gasteiger partial charge in [-0.1, -0.05) is 6.07 Å². The van der Waals surface area contributed by atoms with Crippen LogP contribution in [0.3, 0.4) is 0 Å². The lowest BCUT2D eigenvalue weighted by Gasteiger charge is -2.26. The van der Waals surface area contributed by atoms with E-state index < -0.39 is 5.97 Å². The van der Waals surface area contributed by atoms with Gasteiger partial charge in [0.25, 0.3) is 0 Å². The van der Waals surface area contributed by atoms with Crippen LogP contribution in [0.5, 0.6) is 0 Å². The molecule has 0 bridgehead atoms. The highest BCUT2D eigenvalue weighted by Crippen LogP contribution is 2.12. The van der Waals surface area contributed by atoms with Crippen molar-refractivity contribution < 1.29 is 14.3 Å². The second-order valence-electron chi connectivity index (χ2n) is 3.56. The second kappa shape index (κ2) is 4.94. The number of hydrogen-bond acceptors (Lipinski definition) is 5. The Morgan fingerprint density at radius 3 is 3.12 bits per heavy atom. The number of anilines is 1. The Morgan fingerprint density at radius 2 is 2.50 bits per heavy atom. The van der Waals surface area contributed by atoms with Crippen LogP contribution in [0.4, 0.5) is 5.82 Å². The Labute approximate surface area is 93.8 Å². The van der Waals surface area contributed by atoms with E-state index in [2.05, 4.69) is 15.0 Å². The molecule has 5 nitrogen and oxygen atoms in total. The third-order valence-corrected chi connectivity index (χ3v) is 2.45. The highest BCUT2D eigenvalue weighted by Gasteiger charge is 2.17. The van der Waals surface area contributed by atoms with E-state index in [9.17, 15) is 4.79 Å². The van der Waals surface area contributed by atoms with Gasteiger partial charge in [0, 0.05) is 13.2 Å². The summed E-state index contributed by atoms with van der Waals surface area (Å²) in [6, 6.07) is 5.20. The van der Waals surface area contributed by atoms with Crippen LogP contribution in [0.2, 0.25) is 0 Å². The lowest BCUT2D eigenvalue weighted by molar-refractivity contribution is -0.0410. The van der Waals surface area contributed by atoms with E-state index in [1.807, 2.05) is 6.07 Å². The standard InChI is InChI=1S/C11H14N2O3/c1-15-11(14)9-3-2-4-10(13-9)12-7-8-5-6-16-8/h2-4,8H,5-7H2,1H3,(H,12,13)/t8-/m0/s1. The average Bonchev–Trinajstić information content (AvgIpc) is 2.26. The number of nitrogens with zero attached hydrogens (tertiary/aromatic N) is 1. The molecule has 1 saturated heterocycles. The van der Waals surface area contributed by atoms with Gasteiger partial charge >= 0.3 is 5.97 Å². The Balaban J connectivity index is 1.95. The van der Waals surface area contributed by atoms with Crippen LogP contribution < -0.4 is 5.32 Å². The van der Waals surface area contributed by atoms with E-state index in [4.69, 9.17) is 4.74 Å². The first-order valence-corrected chi connectivity index (χ1v) is 5.20. The molecule has 16 heavy (non-hydrogen) atoms. The zero-order valence-electron chi connectivity index (χ0n) is 9.10. The predicted octanol–water partition coefficient (Wildman–Crippen LogP) is 1.07. The molecule has 1 aromatic heterocycles. The Bertz CT molecular complexity index is 377. The van der Waals surface area contributed by atoms with Crippen molar-refractivity contribution in [2.45, 2.75) is 12.5 Å². The molecule has 0 saturated carbocycles. The Hall–Kier alpha value is -1.62. The molecule has 1 aromatic rings. The first-order chi connectivity index (χ1) is 7.79. The number of carbonyl (C=O) groups excluding carboxylic acids is 1. The van der Waals surface area contributed by atoms with Crippen molar-refractivity contribution >= 4 is 11.8 Å². The minimum Gasteiger partial charge on any atom is -0.464 e. The number of ether oxygens (including phenoxy) is 2. The summed E-state index contributed by atoms with van der Waals surface area (Å²) in [5.41, 5.74) is 0.307. The maximum Gasteiger partial charge on any atom is 0.356 e. The first kappa shape index (κ1) is 10.9. The minimum atomic E-state index is -0.427. The van der Waals surface area contributed by atoms with E-state index in [1.54, 1.807) is 12.1 Å². The normalized spacial score (nSPS) is 18.7. The van der Waals surface area contributed by atoms with Crippen LogP contribution in [-0.4, -0.2) is 37.3 Å². The molecule has 0 unspecified atom stereocenters. The molecule has 0 amide bonds. The zero-order chi connectivity index (χ0) is 11.4. The summed E-state index contributed by atoms with van der Waals surface area (Å²) in [6.07, 6.45) is 1.34. The Kier molecular flexibility index (Phi) is 3.36. The molecule has 1 N–H and O–H groups in total. The predicted molar refractivity (Wildman–Crippen MR) is 58.4 cm³/mol. The summed E-state index contributed by atoms with van der Waals surface area (Å²) < 4.78 is 9.86. The van der Waals surface area contributed by atoms with Crippen molar-refractivity contribution in [1.82, 2.24) is 4.98 Å². The fourth-order valence-corrected chi connectivity index (χ4v) is 1.42. The summed E-state index contributed by atoms with van der Waals surface area (Å²) in [5.74, 6) is 0.238. The van der Waals surface area contributed by atoms with Gasteiger partial charge in [-0.2, -0.15) is 0 Å². The fraction of sp³-hybridized carbons (Fsp3) is 0.455. The fourth-order valence-electron chi connectivity index (χ4n) is 1.42. The molecule has 2 rings (SSSR count). The summed E-state index contributed by atoms with van der Waals surface area (Å²) in [7, 11) is 1.34. The summed E-state index contributed by atoms with van der Waals surface area (Å²) in [4.78, 5) is 15.4. The van der Waals surface area contributed by atoms with Gasteiger partial charge in [0.1, 0.15) is 5.82 Å². The second-order valence-corrected chi connectivity index (χ2v) is 3.56. The topological polar surface area (TPSA) is 60.5 Å². The molecule has 1 aliphatic rings. The number of esters is 1. The summed E-state index contributed by atoms with van der Waals surface area (Å²) >= 11 is 0. The van der Waals surface area contributed by atoms with Gasteiger partial charge in [-0.15, -0.1) is 0 Å². The van der Waals surface area contributed by atoms with Gasteiger partial charge in [-0.3, -0.25) is 0 Å². The lowest BCUT2D eigenvalue weighted by Crippen LogP contribution is -2.33. The largest absolute Gasteiger partial charge is 0.464 e. The van der Waals surface area contributed by atoms with Crippen LogP contribution in [0.1, 0.15) is 16.9 Å².